The van der Waals surface area contributed by atoms with E-state index in [1.165, 1.54) is 16.6 Å². The first-order valence-corrected chi connectivity index (χ1v) is 7.49. The molecule has 0 radical (unpaired) electrons. The van der Waals surface area contributed by atoms with Crippen molar-refractivity contribution in [3.63, 3.8) is 0 Å². The average molecular weight is 279 g/mol. The van der Waals surface area contributed by atoms with E-state index in [0.717, 1.165) is 31.0 Å². The number of benzene rings is 2. The lowest BCUT2D eigenvalue weighted by molar-refractivity contribution is 0.619. The van der Waals surface area contributed by atoms with Gasteiger partial charge in [-0.05, 0) is 37.1 Å². The van der Waals surface area contributed by atoms with Gasteiger partial charge >= 0.3 is 0 Å². The molecule has 0 spiro atoms. The second kappa shape index (κ2) is 6.10. The van der Waals surface area contributed by atoms with E-state index < -0.39 is 0 Å². The van der Waals surface area contributed by atoms with Crippen molar-refractivity contribution >= 4 is 11.0 Å². The normalized spacial score (nSPS) is 11.1. The molecule has 1 N–H and O–H groups in total. The van der Waals surface area contributed by atoms with Gasteiger partial charge in [0.1, 0.15) is 5.82 Å². The van der Waals surface area contributed by atoms with Gasteiger partial charge < -0.3 is 9.88 Å². The molecule has 0 saturated heterocycles. The molecule has 0 bridgehead atoms. The number of aromatic nitrogens is 2. The first-order chi connectivity index (χ1) is 10.3. The van der Waals surface area contributed by atoms with Gasteiger partial charge in [0.25, 0.3) is 0 Å². The Morgan fingerprint density at radius 3 is 2.57 bits per heavy atom. The largest absolute Gasteiger partial charge is 0.327 e. The predicted molar refractivity (Wildman–Crippen MR) is 87.1 cm³/mol. The summed E-state index contributed by atoms with van der Waals surface area (Å²) >= 11 is 0. The van der Waals surface area contributed by atoms with Crippen LogP contribution in [-0.4, -0.2) is 9.55 Å². The van der Waals surface area contributed by atoms with Crippen LogP contribution < -0.4 is 5.32 Å². The standard InChI is InChI=1S/C18H21N3/c1-3-21-17-11-7-6-10-16(17)20-18(21)13-19-12-15-9-5-4-8-14(15)2/h4-11,19H,3,12-13H2,1-2H3. The summed E-state index contributed by atoms with van der Waals surface area (Å²) in [4.78, 5) is 4.74. The van der Waals surface area contributed by atoms with Crippen LogP contribution in [0.2, 0.25) is 0 Å². The van der Waals surface area contributed by atoms with Crippen LogP contribution in [0.5, 0.6) is 0 Å². The van der Waals surface area contributed by atoms with Gasteiger partial charge in [-0.2, -0.15) is 0 Å². The third kappa shape index (κ3) is 2.83. The first-order valence-electron chi connectivity index (χ1n) is 7.49. The molecule has 21 heavy (non-hydrogen) atoms. The summed E-state index contributed by atoms with van der Waals surface area (Å²) in [5, 5.41) is 3.51. The van der Waals surface area contributed by atoms with Gasteiger partial charge in [-0.15, -0.1) is 0 Å². The maximum absolute atomic E-state index is 4.74. The molecule has 0 unspecified atom stereocenters. The quantitative estimate of drug-likeness (QED) is 0.772. The lowest BCUT2D eigenvalue weighted by Gasteiger charge is -2.09. The molecule has 0 aliphatic heterocycles. The van der Waals surface area contributed by atoms with Crippen molar-refractivity contribution in [2.75, 3.05) is 0 Å². The molecule has 0 aliphatic rings. The Balaban J connectivity index is 1.75. The van der Waals surface area contributed by atoms with Gasteiger partial charge in [-0.3, -0.25) is 0 Å². The van der Waals surface area contributed by atoms with E-state index in [9.17, 15) is 0 Å². The van der Waals surface area contributed by atoms with Gasteiger partial charge in [0.05, 0.1) is 17.6 Å². The molecule has 0 fully saturated rings. The van der Waals surface area contributed by atoms with E-state index in [2.05, 4.69) is 66.2 Å². The van der Waals surface area contributed by atoms with Crippen molar-refractivity contribution < 1.29 is 0 Å². The molecule has 3 aromatic rings. The molecule has 2 aromatic carbocycles. The number of para-hydroxylation sites is 2. The van der Waals surface area contributed by atoms with E-state index in [1.54, 1.807) is 0 Å². The third-order valence-electron chi connectivity index (χ3n) is 3.91. The van der Waals surface area contributed by atoms with Crippen LogP contribution in [0.3, 0.4) is 0 Å². The second-order valence-electron chi connectivity index (χ2n) is 5.29. The molecule has 0 atom stereocenters. The zero-order valence-electron chi connectivity index (χ0n) is 12.6. The second-order valence-corrected chi connectivity index (χ2v) is 5.29. The molecule has 3 rings (SSSR count). The fraction of sp³-hybridized carbons (Fsp3) is 0.278. The van der Waals surface area contributed by atoms with E-state index >= 15 is 0 Å². The van der Waals surface area contributed by atoms with Gasteiger partial charge in [0.15, 0.2) is 0 Å². The van der Waals surface area contributed by atoms with Crippen LogP contribution in [0.25, 0.3) is 11.0 Å². The van der Waals surface area contributed by atoms with Gasteiger partial charge in [-0.25, -0.2) is 4.98 Å². The summed E-state index contributed by atoms with van der Waals surface area (Å²) in [6.07, 6.45) is 0. The summed E-state index contributed by atoms with van der Waals surface area (Å²) in [5.41, 5.74) is 4.96. The van der Waals surface area contributed by atoms with Crippen molar-refractivity contribution in [1.29, 1.82) is 0 Å². The topological polar surface area (TPSA) is 29.9 Å². The van der Waals surface area contributed by atoms with E-state index in [4.69, 9.17) is 4.98 Å². The van der Waals surface area contributed by atoms with Crippen LogP contribution >= 0.6 is 0 Å². The molecule has 1 aromatic heterocycles. The summed E-state index contributed by atoms with van der Waals surface area (Å²) in [5.74, 6) is 1.10. The minimum absolute atomic E-state index is 0.789. The number of nitrogens with one attached hydrogen (secondary N) is 1. The SMILES string of the molecule is CCn1c(CNCc2ccccc2C)nc2ccccc21. The van der Waals surface area contributed by atoms with E-state index in [-0.39, 0.29) is 0 Å². The van der Waals surface area contributed by atoms with Crippen LogP contribution in [-0.2, 0) is 19.6 Å². The first kappa shape index (κ1) is 13.8. The molecule has 0 saturated carbocycles. The van der Waals surface area contributed by atoms with E-state index in [0.29, 0.717) is 0 Å². The molecular formula is C18H21N3. The minimum atomic E-state index is 0.789. The third-order valence-corrected chi connectivity index (χ3v) is 3.91. The van der Waals surface area contributed by atoms with Crippen LogP contribution in [0.15, 0.2) is 48.5 Å². The molecule has 108 valence electrons. The van der Waals surface area contributed by atoms with Crippen molar-refractivity contribution in [1.82, 2.24) is 14.9 Å². The van der Waals surface area contributed by atoms with Crippen molar-refractivity contribution in [2.24, 2.45) is 0 Å². The fourth-order valence-corrected chi connectivity index (χ4v) is 2.73. The number of hydrogen-bond donors (Lipinski definition) is 1. The zero-order valence-corrected chi connectivity index (χ0v) is 12.6. The van der Waals surface area contributed by atoms with Crippen molar-refractivity contribution in [3.8, 4) is 0 Å². The molecular weight excluding hydrogens is 258 g/mol. The molecule has 0 aliphatic carbocycles. The average Bonchev–Trinajstić information content (AvgIpc) is 2.86. The lowest BCUT2D eigenvalue weighted by Crippen LogP contribution is -2.17. The molecule has 3 nitrogen and oxygen atoms in total. The maximum atomic E-state index is 4.74. The smallest absolute Gasteiger partial charge is 0.123 e. The fourth-order valence-electron chi connectivity index (χ4n) is 2.73. The maximum Gasteiger partial charge on any atom is 0.123 e. The Morgan fingerprint density at radius 1 is 1.00 bits per heavy atom. The Bertz CT molecular complexity index is 743. The zero-order chi connectivity index (χ0) is 14.7. The highest BCUT2D eigenvalue weighted by molar-refractivity contribution is 5.75. The number of fused-ring (bicyclic) bond motifs is 1. The number of imidazole rings is 1. The Labute approximate surface area is 125 Å². The van der Waals surface area contributed by atoms with Crippen molar-refractivity contribution in [3.05, 3.63) is 65.5 Å². The minimum Gasteiger partial charge on any atom is -0.327 e. The lowest BCUT2D eigenvalue weighted by atomic mass is 10.1. The van der Waals surface area contributed by atoms with Crippen LogP contribution in [0.4, 0.5) is 0 Å². The highest BCUT2D eigenvalue weighted by Crippen LogP contribution is 2.16. The Morgan fingerprint density at radius 2 is 1.76 bits per heavy atom. The van der Waals surface area contributed by atoms with E-state index in [1.807, 2.05) is 6.07 Å². The van der Waals surface area contributed by atoms with Crippen molar-refractivity contribution in [2.45, 2.75) is 33.5 Å². The highest BCUT2D eigenvalue weighted by atomic mass is 15.1. The monoisotopic (exact) mass is 279 g/mol. The molecule has 3 heteroatoms. The Hall–Kier alpha value is -2.13. The predicted octanol–water partition coefficient (Wildman–Crippen LogP) is 3.65. The van der Waals surface area contributed by atoms with Crippen LogP contribution in [0.1, 0.15) is 23.9 Å². The summed E-state index contributed by atoms with van der Waals surface area (Å²) < 4.78 is 2.28. The summed E-state index contributed by atoms with van der Waals surface area (Å²) in [6.45, 7) is 6.93. The number of nitrogens with zero attached hydrogens (tertiary/aromatic N) is 2. The van der Waals surface area contributed by atoms with Gasteiger partial charge in [-0.1, -0.05) is 36.4 Å². The van der Waals surface area contributed by atoms with Gasteiger partial charge in [0, 0.05) is 13.1 Å². The molecule has 1 heterocycles. The highest BCUT2D eigenvalue weighted by Gasteiger charge is 2.08. The summed E-state index contributed by atoms with van der Waals surface area (Å²) in [6, 6.07) is 16.8. The summed E-state index contributed by atoms with van der Waals surface area (Å²) in [7, 11) is 0. The number of rotatable bonds is 5. The molecule has 0 amide bonds. The number of aryl methyl sites for hydroxylation is 2. The number of hydrogen-bond acceptors (Lipinski definition) is 2. The van der Waals surface area contributed by atoms with Gasteiger partial charge in [0.2, 0.25) is 0 Å². The van der Waals surface area contributed by atoms with Crippen LogP contribution in [0, 0.1) is 6.92 Å². The Kier molecular flexibility index (Phi) is 4.02.